The summed E-state index contributed by atoms with van der Waals surface area (Å²) in [4.78, 5) is 38.7. The van der Waals surface area contributed by atoms with Gasteiger partial charge in [0, 0.05) is 37.3 Å². The molecule has 1 aliphatic heterocycles. The van der Waals surface area contributed by atoms with Crippen molar-refractivity contribution in [1.82, 2.24) is 9.47 Å². The van der Waals surface area contributed by atoms with Crippen molar-refractivity contribution < 1.29 is 23.9 Å². The molecule has 0 unspecified atom stereocenters. The van der Waals surface area contributed by atoms with Crippen molar-refractivity contribution in [3.63, 3.8) is 0 Å². The van der Waals surface area contributed by atoms with Crippen molar-refractivity contribution in [1.29, 1.82) is 0 Å². The van der Waals surface area contributed by atoms with Crippen molar-refractivity contribution in [2.75, 3.05) is 27.4 Å². The van der Waals surface area contributed by atoms with Gasteiger partial charge in [0.1, 0.15) is 0 Å². The average molecular weight is 443 g/mol. The maximum atomic E-state index is 12.7. The van der Waals surface area contributed by atoms with E-state index in [1.165, 1.54) is 12.0 Å². The maximum Gasteiger partial charge on any atom is 0.338 e. The number of amides is 2. The van der Waals surface area contributed by atoms with Crippen molar-refractivity contribution in [2.45, 2.75) is 27.2 Å². The van der Waals surface area contributed by atoms with Crippen LogP contribution in [-0.2, 0) is 14.3 Å². The van der Waals surface area contributed by atoms with E-state index in [1.807, 2.05) is 43.5 Å². The molecule has 8 heteroatoms. The third-order valence-corrected chi connectivity index (χ3v) is 6.22. The Hall–Kier alpha value is -2.84. The molecule has 0 N–H and O–H groups in total. The van der Waals surface area contributed by atoms with Crippen LogP contribution in [0, 0.1) is 20.8 Å². The molecule has 1 aliphatic rings. The number of hydrogen-bond donors (Lipinski definition) is 0. The van der Waals surface area contributed by atoms with E-state index in [0.29, 0.717) is 30.0 Å². The van der Waals surface area contributed by atoms with E-state index in [4.69, 9.17) is 9.47 Å². The molecule has 2 aromatic rings. The molecular formula is C23H26N2O5S. The lowest BCUT2D eigenvalue weighted by atomic mass is 10.1. The van der Waals surface area contributed by atoms with Gasteiger partial charge in [-0.25, -0.2) is 4.79 Å². The first-order valence-corrected chi connectivity index (χ1v) is 10.7. The third kappa shape index (κ3) is 4.45. The zero-order valence-corrected chi connectivity index (χ0v) is 19.2. The van der Waals surface area contributed by atoms with E-state index in [-0.39, 0.29) is 17.1 Å². The quantitative estimate of drug-likeness (QED) is 0.362. The number of aromatic nitrogens is 1. The highest BCUT2D eigenvalue weighted by molar-refractivity contribution is 8.18. The van der Waals surface area contributed by atoms with E-state index in [2.05, 4.69) is 0 Å². The minimum Gasteiger partial charge on any atom is -0.465 e. The monoisotopic (exact) mass is 442 g/mol. The molecule has 7 nitrogen and oxygen atoms in total. The van der Waals surface area contributed by atoms with Crippen LogP contribution in [0.15, 0.2) is 29.2 Å². The fourth-order valence-electron chi connectivity index (χ4n) is 3.70. The predicted octanol–water partition coefficient (Wildman–Crippen LogP) is 4.26. The van der Waals surface area contributed by atoms with Crippen LogP contribution < -0.4 is 0 Å². The van der Waals surface area contributed by atoms with Gasteiger partial charge in [-0.2, -0.15) is 0 Å². The molecule has 1 saturated heterocycles. The SMILES string of the molecule is COCCCN1C(=O)S/C(=C/c2cc(C)n(-c3cccc(C(=O)OC)c3C)c2C)C1=O. The van der Waals surface area contributed by atoms with E-state index >= 15 is 0 Å². The Bertz CT molecular complexity index is 1070. The van der Waals surface area contributed by atoms with Gasteiger partial charge in [-0.1, -0.05) is 6.07 Å². The number of ether oxygens (including phenoxy) is 2. The maximum absolute atomic E-state index is 12.7. The molecule has 0 saturated carbocycles. The van der Waals surface area contributed by atoms with Crippen LogP contribution in [0.5, 0.6) is 0 Å². The second-order valence-corrected chi connectivity index (χ2v) is 8.28. The van der Waals surface area contributed by atoms with Crippen LogP contribution in [0.3, 0.4) is 0 Å². The molecule has 0 spiro atoms. The summed E-state index contributed by atoms with van der Waals surface area (Å²) in [6.45, 7) is 6.63. The van der Waals surface area contributed by atoms with Crippen molar-refractivity contribution in [3.05, 3.63) is 57.2 Å². The van der Waals surface area contributed by atoms with Gasteiger partial charge in [0.05, 0.1) is 17.6 Å². The van der Waals surface area contributed by atoms with Gasteiger partial charge in [0.15, 0.2) is 0 Å². The second kappa shape index (κ2) is 9.53. The number of imide groups is 1. The molecule has 0 radical (unpaired) electrons. The van der Waals surface area contributed by atoms with E-state index in [1.54, 1.807) is 19.3 Å². The second-order valence-electron chi connectivity index (χ2n) is 7.28. The average Bonchev–Trinajstić information content (AvgIpc) is 3.17. The summed E-state index contributed by atoms with van der Waals surface area (Å²) in [5, 5.41) is -0.261. The van der Waals surface area contributed by atoms with Gasteiger partial charge in [0.25, 0.3) is 11.1 Å². The Morgan fingerprint density at radius 2 is 1.90 bits per heavy atom. The van der Waals surface area contributed by atoms with Crippen molar-refractivity contribution >= 4 is 35.0 Å². The number of methoxy groups -OCH3 is 2. The smallest absolute Gasteiger partial charge is 0.338 e. The standard InChI is InChI=1S/C23H26N2O5S/c1-14-12-17(13-20-21(26)24(23(28)31-20)10-7-11-29-4)16(3)25(14)19-9-6-8-18(15(19)2)22(27)30-5/h6,8-9,12-13H,7,10-11H2,1-5H3/b20-13+. The van der Waals surface area contributed by atoms with Crippen molar-refractivity contribution in [3.8, 4) is 5.69 Å². The Morgan fingerprint density at radius 1 is 1.16 bits per heavy atom. The van der Waals surface area contributed by atoms with E-state index in [0.717, 1.165) is 40.0 Å². The normalized spacial score (nSPS) is 15.3. The van der Waals surface area contributed by atoms with E-state index in [9.17, 15) is 14.4 Å². The molecule has 1 aromatic carbocycles. The number of thioether (sulfide) groups is 1. The highest BCUT2D eigenvalue weighted by Crippen LogP contribution is 2.34. The molecule has 2 heterocycles. The minimum atomic E-state index is -0.385. The first kappa shape index (κ1) is 22.8. The van der Waals surface area contributed by atoms with Gasteiger partial charge in [-0.05, 0) is 74.4 Å². The number of carbonyl (C=O) groups is 3. The number of benzene rings is 1. The first-order chi connectivity index (χ1) is 14.8. The first-order valence-electron chi connectivity index (χ1n) is 9.91. The summed E-state index contributed by atoms with van der Waals surface area (Å²) in [5.74, 6) is -0.663. The topological polar surface area (TPSA) is 77.8 Å². The van der Waals surface area contributed by atoms with Gasteiger partial charge in [0.2, 0.25) is 0 Å². The highest BCUT2D eigenvalue weighted by atomic mass is 32.2. The Kier molecular flexibility index (Phi) is 7.02. The van der Waals surface area contributed by atoms with Crippen LogP contribution in [0.2, 0.25) is 0 Å². The van der Waals surface area contributed by atoms with E-state index < -0.39 is 0 Å². The molecule has 0 bridgehead atoms. The van der Waals surface area contributed by atoms with Gasteiger partial charge in [-0.3, -0.25) is 14.5 Å². The lowest BCUT2D eigenvalue weighted by Crippen LogP contribution is -2.29. The molecule has 0 aliphatic carbocycles. The van der Waals surface area contributed by atoms with Gasteiger partial charge >= 0.3 is 5.97 Å². The molecule has 1 aromatic heterocycles. The summed E-state index contributed by atoms with van der Waals surface area (Å²) in [7, 11) is 2.95. The fourth-order valence-corrected chi connectivity index (χ4v) is 4.56. The molecular weight excluding hydrogens is 416 g/mol. The van der Waals surface area contributed by atoms with Gasteiger partial charge < -0.3 is 14.0 Å². The zero-order valence-electron chi connectivity index (χ0n) is 18.4. The van der Waals surface area contributed by atoms with Gasteiger partial charge in [-0.15, -0.1) is 0 Å². The number of nitrogens with zero attached hydrogens (tertiary/aromatic N) is 2. The van der Waals surface area contributed by atoms with Crippen LogP contribution in [0.4, 0.5) is 4.79 Å². The molecule has 1 fully saturated rings. The van der Waals surface area contributed by atoms with Crippen LogP contribution in [0.1, 0.15) is 39.3 Å². The lowest BCUT2D eigenvalue weighted by Gasteiger charge is -2.15. The van der Waals surface area contributed by atoms with Crippen molar-refractivity contribution in [2.24, 2.45) is 0 Å². The molecule has 164 valence electrons. The fraction of sp³-hybridized carbons (Fsp3) is 0.348. The lowest BCUT2D eigenvalue weighted by molar-refractivity contribution is -0.122. The number of carbonyl (C=O) groups excluding carboxylic acids is 3. The third-order valence-electron chi connectivity index (χ3n) is 5.31. The summed E-state index contributed by atoms with van der Waals surface area (Å²) in [6.07, 6.45) is 2.37. The largest absolute Gasteiger partial charge is 0.465 e. The minimum absolute atomic E-state index is 0.261. The number of esters is 1. The zero-order chi connectivity index (χ0) is 22.7. The molecule has 31 heavy (non-hydrogen) atoms. The number of rotatable bonds is 7. The summed E-state index contributed by atoms with van der Waals surface area (Å²) < 4.78 is 11.9. The van der Waals surface area contributed by atoms with Crippen LogP contribution >= 0.6 is 11.8 Å². The molecule has 0 atom stereocenters. The molecule has 3 rings (SSSR count). The number of aryl methyl sites for hydroxylation is 1. The van der Waals surface area contributed by atoms with Crippen LogP contribution in [0.25, 0.3) is 11.8 Å². The number of hydrogen-bond acceptors (Lipinski definition) is 6. The molecule has 2 amide bonds. The van der Waals surface area contributed by atoms with Crippen LogP contribution in [-0.4, -0.2) is 54.0 Å². The predicted molar refractivity (Wildman–Crippen MR) is 120 cm³/mol. The Labute approximate surface area is 186 Å². The Morgan fingerprint density at radius 3 is 2.58 bits per heavy atom. The summed E-state index contributed by atoms with van der Waals surface area (Å²) >= 11 is 0.954. The Balaban J connectivity index is 1.96. The highest BCUT2D eigenvalue weighted by Gasteiger charge is 2.34. The summed E-state index contributed by atoms with van der Waals surface area (Å²) in [5.41, 5.74) is 4.89. The summed E-state index contributed by atoms with van der Waals surface area (Å²) in [6, 6.07) is 7.46.